The lowest BCUT2D eigenvalue weighted by Gasteiger charge is -2.12. The molecule has 2 aromatic carbocycles. The van der Waals surface area contributed by atoms with Crippen LogP contribution in [0.2, 0.25) is 5.02 Å². The summed E-state index contributed by atoms with van der Waals surface area (Å²) in [7, 11) is 3.18. The first-order valence-electron chi connectivity index (χ1n) is 7.81. The van der Waals surface area contributed by atoms with Gasteiger partial charge >= 0.3 is 0 Å². The number of nitrogens with one attached hydrogen (secondary N) is 2. The molecule has 1 heterocycles. The molecule has 26 heavy (non-hydrogen) atoms. The van der Waals surface area contributed by atoms with Crippen molar-refractivity contribution in [1.82, 2.24) is 15.2 Å². The Kier molecular flexibility index (Phi) is 5.38. The first-order chi connectivity index (χ1) is 12.6. The molecule has 0 spiro atoms. The van der Waals surface area contributed by atoms with E-state index >= 15 is 0 Å². The molecule has 7 nitrogen and oxygen atoms in total. The maximum atomic E-state index is 6.04. The summed E-state index contributed by atoms with van der Waals surface area (Å²) in [6.07, 6.45) is 1.53. The highest BCUT2D eigenvalue weighted by Crippen LogP contribution is 2.31. The molecule has 3 aromatic rings. The first kappa shape index (κ1) is 17.8. The molecule has 0 amide bonds. The quantitative estimate of drug-likeness (QED) is 0.667. The van der Waals surface area contributed by atoms with Crippen molar-refractivity contribution in [3.63, 3.8) is 0 Å². The van der Waals surface area contributed by atoms with Crippen LogP contribution < -0.4 is 20.1 Å². The summed E-state index contributed by atoms with van der Waals surface area (Å²) in [6, 6.07) is 11.0. The van der Waals surface area contributed by atoms with Crippen molar-refractivity contribution in [3.8, 4) is 11.5 Å². The van der Waals surface area contributed by atoms with Gasteiger partial charge in [0.1, 0.15) is 0 Å². The van der Waals surface area contributed by atoms with Crippen LogP contribution in [0, 0.1) is 6.92 Å². The zero-order valence-electron chi connectivity index (χ0n) is 14.6. The molecule has 0 radical (unpaired) electrons. The van der Waals surface area contributed by atoms with Crippen LogP contribution in [-0.2, 0) is 0 Å². The van der Waals surface area contributed by atoms with Crippen LogP contribution >= 0.6 is 11.6 Å². The van der Waals surface area contributed by atoms with Crippen LogP contribution in [-0.4, -0.2) is 29.4 Å². The highest BCUT2D eigenvalue weighted by molar-refractivity contribution is 6.30. The van der Waals surface area contributed by atoms with Crippen LogP contribution in [0.15, 0.2) is 42.6 Å². The lowest BCUT2D eigenvalue weighted by atomic mass is 10.2. The topological polar surface area (TPSA) is 81.2 Å². The van der Waals surface area contributed by atoms with Crippen molar-refractivity contribution in [1.29, 1.82) is 0 Å². The van der Waals surface area contributed by atoms with Crippen LogP contribution in [0.4, 0.5) is 23.1 Å². The minimum absolute atomic E-state index is 0.362. The number of anilines is 4. The normalized spacial score (nSPS) is 10.3. The van der Waals surface area contributed by atoms with Crippen LogP contribution in [0.3, 0.4) is 0 Å². The SMILES string of the molecule is COc1ccc(Nc2cnnc(Nc3cc(Cl)ccc3C)n2)cc1OC. The van der Waals surface area contributed by atoms with Crippen molar-refractivity contribution < 1.29 is 9.47 Å². The van der Waals surface area contributed by atoms with Gasteiger partial charge in [0.2, 0.25) is 5.95 Å². The van der Waals surface area contributed by atoms with Gasteiger partial charge in [-0.15, -0.1) is 5.10 Å². The van der Waals surface area contributed by atoms with E-state index < -0.39 is 0 Å². The Bertz CT molecular complexity index is 920. The van der Waals surface area contributed by atoms with Crippen molar-refractivity contribution in [2.45, 2.75) is 6.92 Å². The minimum Gasteiger partial charge on any atom is -0.493 e. The molecule has 0 saturated carbocycles. The fourth-order valence-electron chi connectivity index (χ4n) is 2.33. The zero-order valence-corrected chi connectivity index (χ0v) is 15.3. The molecule has 3 rings (SSSR count). The second kappa shape index (κ2) is 7.88. The average molecular weight is 372 g/mol. The molecule has 1 aromatic heterocycles. The van der Waals surface area contributed by atoms with Gasteiger partial charge in [0.05, 0.1) is 20.4 Å². The highest BCUT2D eigenvalue weighted by atomic mass is 35.5. The predicted octanol–water partition coefficient (Wildman–Crippen LogP) is 4.34. The Morgan fingerprint density at radius 1 is 0.962 bits per heavy atom. The molecule has 0 atom stereocenters. The number of rotatable bonds is 6. The Balaban J connectivity index is 1.80. The maximum Gasteiger partial charge on any atom is 0.249 e. The number of hydrogen-bond acceptors (Lipinski definition) is 7. The number of nitrogens with zero attached hydrogens (tertiary/aromatic N) is 3. The lowest BCUT2D eigenvalue weighted by molar-refractivity contribution is 0.355. The Hall–Kier alpha value is -3.06. The second-order valence-electron chi connectivity index (χ2n) is 5.44. The summed E-state index contributed by atoms with van der Waals surface area (Å²) in [5.41, 5.74) is 2.63. The molecule has 134 valence electrons. The summed E-state index contributed by atoms with van der Waals surface area (Å²) >= 11 is 6.04. The zero-order chi connectivity index (χ0) is 18.5. The number of benzene rings is 2. The van der Waals surface area contributed by atoms with Gasteiger partial charge in [-0.25, -0.2) is 0 Å². The molecule has 0 bridgehead atoms. The molecular weight excluding hydrogens is 354 g/mol. The van der Waals surface area contributed by atoms with E-state index in [4.69, 9.17) is 21.1 Å². The van der Waals surface area contributed by atoms with E-state index in [1.807, 2.05) is 43.3 Å². The number of aryl methyl sites for hydroxylation is 1. The van der Waals surface area contributed by atoms with Crippen LogP contribution in [0.1, 0.15) is 5.56 Å². The Labute approximate surface area is 156 Å². The van der Waals surface area contributed by atoms with Crippen LogP contribution in [0.25, 0.3) is 0 Å². The molecule has 0 saturated heterocycles. The molecule has 2 N–H and O–H groups in total. The van der Waals surface area contributed by atoms with Gasteiger partial charge in [0.25, 0.3) is 0 Å². The molecule has 0 aliphatic heterocycles. The third kappa shape index (κ3) is 4.12. The second-order valence-corrected chi connectivity index (χ2v) is 5.88. The van der Waals surface area contributed by atoms with Crippen molar-refractivity contribution in [2.75, 3.05) is 24.9 Å². The summed E-state index contributed by atoms with van der Waals surface area (Å²) in [6.45, 7) is 1.97. The van der Waals surface area contributed by atoms with Crippen molar-refractivity contribution >= 4 is 34.7 Å². The molecule has 8 heteroatoms. The average Bonchev–Trinajstić information content (AvgIpc) is 2.65. The standard InChI is InChI=1S/C18H18ClN5O2/c1-11-4-5-12(19)8-14(11)22-18-23-17(10-20-24-18)21-13-6-7-15(25-2)16(9-13)26-3/h4-10H,1-3H3,(H2,21,22,23,24). The van der Waals surface area contributed by atoms with E-state index in [0.717, 1.165) is 16.9 Å². The predicted molar refractivity (Wildman–Crippen MR) is 102 cm³/mol. The molecule has 0 aliphatic rings. The maximum absolute atomic E-state index is 6.04. The number of ether oxygens (including phenoxy) is 2. The Morgan fingerprint density at radius 2 is 1.77 bits per heavy atom. The summed E-state index contributed by atoms with van der Waals surface area (Å²) in [4.78, 5) is 4.42. The monoisotopic (exact) mass is 371 g/mol. The van der Waals surface area contributed by atoms with E-state index in [1.54, 1.807) is 14.2 Å². The van der Waals surface area contributed by atoms with E-state index in [2.05, 4.69) is 25.8 Å². The van der Waals surface area contributed by atoms with Crippen LogP contribution in [0.5, 0.6) is 11.5 Å². The first-order valence-corrected chi connectivity index (χ1v) is 8.19. The van der Waals surface area contributed by atoms with E-state index in [9.17, 15) is 0 Å². The van der Waals surface area contributed by atoms with Gasteiger partial charge < -0.3 is 20.1 Å². The fraction of sp³-hybridized carbons (Fsp3) is 0.167. The highest BCUT2D eigenvalue weighted by Gasteiger charge is 2.07. The smallest absolute Gasteiger partial charge is 0.249 e. The fourth-order valence-corrected chi connectivity index (χ4v) is 2.50. The van der Waals surface area contributed by atoms with Crippen molar-refractivity contribution in [2.24, 2.45) is 0 Å². The van der Waals surface area contributed by atoms with Gasteiger partial charge in [-0.3, -0.25) is 0 Å². The largest absolute Gasteiger partial charge is 0.493 e. The summed E-state index contributed by atoms with van der Waals surface area (Å²) in [5, 5.41) is 14.9. The van der Waals surface area contributed by atoms with Crippen molar-refractivity contribution in [3.05, 3.63) is 53.2 Å². The molecule has 0 unspecified atom stereocenters. The molecule has 0 aliphatic carbocycles. The third-order valence-corrected chi connectivity index (χ3v) is 3.90. The summed E-state index contributed by atoms with van der Waals surface area (Å²) in [5.74, 6) is 2.17. The Morgan fingerprint density at radius 3 is 2.54 bits per heavy atom. The van der Waals surface area contributed by atoms with Gasteiger partial charge in [0.15, 0.2) is 17.3 Å². The molecular formula is C18H18ClN5O2. The number of aromatic nitrogens is 3. The number of methoxy groups -OCH3 is 2. The lowest BCUT2D eigenvalue weighted by Crippen LogP contribution is -2.03. The van der Waals surface area contributed by atoms with Gasteiger partial charge in [-0.2, -0.15) is 10.1 Å². The summed E-state index contributed by atoms with van der Waals surface area (Å²) < 4.78 is 10.5. The van der Waals surface area contributed by atoms with E-state index in [1.165, 1.54) is 6.20 Å². The van der Waals surface area contributed by atoms with E-state index in [-0.39, 0.29) is 0 Å². The van der Waals surface area contributed by atoms with E-state index in [0.29, 0.717) is 28.3 Å². The third-order valence-electron chi connectivity index (χ3n) is 3.66. The molecule has 0 fully saturated rings. The van der Waals surface area contributed by atoms with Gasteiger partial charge in [0, 0.05) is 22.5 Å². The van der Waals surface area contributed by atoms with Gasteiger partial charge in [-0.05, 0) is 36.8 Å². The minimum atomic E-state index is 0.362. The number of hydrogen-bond donors (Lipinski definition) is 2. The van der Waals surface area contributed by atoms with Gasteiger partial charge in [-0.1, -0.05) is 17.7 Å². The number of halogens is 1.